The number of alkyl halides is 3. The number of aromatic nitrogens is 6. The molecule has 0 spiro atoms. The average molecular weight is 321 g/mol. The van der Waals surface area contributed by atoms with Crippen molar-refractivity contribution >= 4 is 5.95 Å². The van der Waals surface area contributed by atoms with Crippen LogP contribution in [0.25, 0.3) is 17.1 Å². The molecule has 7 nitrogen and oxygen atoms in total. The Labute approximate surface area is 128 Å². The van der Waals surface area contributed by atoms with E-state index >= 15 is 0 Å². The summed E-state index contributed by atoms with van der Waals surface area (Å²) < 4.78 is 40.7. The predicted octanol–water partition coefficient (Wildman–Crippen LogP) is 2.03. The summed E-state index contributed by atoms with van der Waals surface area (Å²) in [5.41, 5.74) is 5.24. The third-order valence-electron chi connectivity index (χ3n) is 3.06. The molecule has 3 rings (SSSR count). The van der Waals surface area contributed by atoms with Gasteiger partial charge in [-0.25, -0.2) is 9.97 Å². The molecule has 0 saturated carbocycles. The number of anilines is 1. The van der Waals surface area contributed by atoms with E-state index < -0.39 is 17.8 Å². The summed E-state index contributed by atoms with van der Waals surface area (Å²) in [6.07, 6.45) is -3.75. The molecule has 0 saturated heterocycles. The molecule has 0 aliphatic heterocycles. The summed E-state index contributed by atoms with van der Waals surface area (Å²) in [5, 5.41) is 10.9. The van der Waals surface area contributed by atoms with Gasteiger partial charge in [-0.1, -0.05) is 17.7 Å². The maximum absolute atomic E-state index is 13.2. The molecule has 118 valence electrons. The molecule has 0 bridgehead atoms. The first-order chi connectivity index (χ1) is 10.9. The smallest absolute Gasteiger partial charge is 0.368 e. The molecule has 2 N–H and O–H groups in total. The molecule has 10 heteroatoms. The molecule has 0 atom stereocenters. The number of hydrogen-bond acceptors (Lipinski definition) is 6. The van der Waals surface area contributed by atoms with Gasteiger partial charge in [0.1, 0.15) is 0 Å². The molecule has 0 fully saturated rings. The molecule has 0 radical (unpaired) electrons. The summed E-state index contributed by atoms with van der Waals surface area (Å²) >= 11 is 0. The van der Waals surface area contributed by atoms with E-state index in [4.69, 9.17) is 5.73 Å². The van der Waals surface area contributed by atoms with Crippen LogP contribution in [-0.2, 0) is 6.18 Å². The van der Waals surface area contributed by atoms with Crippen molar-refractivity contribution in [2.45, 2.75) is 13.1 Å². The van der Waals surface area contributed by atoms with E-state index in [0.29, 0.717) is 5.69 Å². The van der Waals surface area contributed by atoms with E-state index in [-0.39, 0.29) is 11.4 Å². The van der Waals surface area contributed by atoms with Gasteiger partial charge in [-0.2, -0.15) is 17.9 Å². The van der Waals surface area contributed by atoms with Crippen molar-refractivity contribution in [2.75, 3.05) is 5.73 Å². The largest absolute Gasteiger partial charge is 0.434 e. The SMILES string of the molecule is Cc1ccc(-n2nnnc2-c2cnc(N)nc2C(F)(F)F)cc1. The second-order valence-electron chi connectivity index (χ2n) is 4.74. The van der Waals surface area contributed by atoms with Crippen LogP contribution in [0.15, 0.2) is 30.5 Å². The predicted molar refractivity (Wildman–Crippen MR) is 74.3 cm³/mol. The minimum Gasteiger partial charge on any atom is -0.368 e. The summed E-state index contributed by atoms with van der Waals surface area (Å²) in [6.45, 7) is 1.89. The lowest BCUT2D eigenvalue weighted by molar-refractivity contribution is -0.140. The van der Waals surface area contributed by atoms with Crippen LogP contribution in [0.5, 0.6) is 0 Å². The Balaban J connectivity index is 2.18. The van der Waals surface area contributed by atoms with Crippen LogP contribution in [0.4, 0.5) is 19.1 Å². The van der Waals surface area contributed by atoms with Crippen LogP contribution < -0.4 is 5.73 Å². The van der Waals surface area contributed by atoms with Crippen molar-refractivity contribution < 1.29 is 13.2 Å². The zero-order valence-electron chi connectivity index (χ0n) is 11.8. The summed E-state index contributed by atoms with van der Waals surface area (Å²) in [7, 11) is 0. The molecule has 23 heavy (non-hydrogen) atoms. The minimum atomic E-state index is -4.71. The topological polar surface area (TPSA) is 95.4 Å². The third kappa shape index (κ3) is 2.82. The highest BCUT2D eigenvalue weighted by atomic mass is 19.4. The van der Waals surface area contributed by atoms with Gasteiger partial charge in [-0.05, 0) is 29.5 Å². The molecular formula is C13H10F3N7. The fraction of sp³-hybridized carbons (Fsp3) is 0.154. The van der Waals surface area contributed by atoms with Crippen LogP contribution in [0.3, 0.4) is 0 Å². The number of nitrogen functional groups attached to an aromatic ring is 1. The number of nitrogens with zero attached hydrogens (tertiary/aromatic N) is 6. The van der Waals surface area contributed by atoms with Crippen LogP contribution >= 0.6 is 0 Å². The van der Waals surface area contributed by atoms with Crippen molar-refractivity contribution in [1.29, 1.82) is 0 Å². The summed E-state index contributed by atoms with van der Waals surface area (Å²) in [4.78, 5) is 6.90. The second-order valence-corrected chi connectivity index (χ2v) is 4.74. The monoisotopic (exact) mass is 321 g/mol. The van der Waals surface area contributed by atoms with Gasteiger partial charge >= 0.3 is 6.18 Å². The summed E-state index contributed by atoms with van der Waals surface area (Å²) in [6, 6.07) is 6.98. The first kappa shape index (κ1) is 14.9. The fourth-order valence-corrected chi connectivity index (χ4v) is 1.99. The first-order valence-corrected chi connectivity index (χ1v) is 6.42. The Morgan fingerprint density at radius 1 is 1.13 bits per heavy atom. The minimum absolute atomic E-state index is 0.124. The van der Waals surface area contributed by atoms with Gasteiger partial charge in [-0.15, -0.1) is 5.10 Å². The Hall–Kier alpha value is -3.04. The van der Waals surface area contributed by atoms with Gasteiger partial charge < -0.3 is 5.73 Å². The van der Waals surface area contributed by atoms with Crippen molar-refractivity contribution in [2.24, 2.45) is 0 Å². The van der Waals surface area contributed by atoms with E-state index in [1.807, 2.05) is 6.92 Å². The molecule has 0 amide bonds. The number of benzene rings is 1. The van der Waals surface area contributed by atoms with Gasteiger partial charge in [0, 0.05) is 6.20 Å². The normalized spacial score (nSPS) is 11.7. The molecule has 3 aromatic rings. The van der Waals surface area contributed by atoms with Crippen LogP contribution in [-0.4, -0.2) is 30.2 Å². The first-order valence-electron chi connectivity index (χ1n) is 6.42. The average Bonchev–Trinajstić information content (AvgIpc) is 2.96. The molecule has 2 aromatic heterocycles. The van der Waals surface area contributed by atoms with Gasteiger partial charge in [0.15, 0.2) is 11.5 Å². The zero-order valence-corrected chi connectivity index (χ0v) is 11.8. The second kappa shape index (κ2) is 5.30. The highest BCUT2D eigenvalue weighted by molar-refractivity contribution is 5.60. The number of nitrogens with two attached hydrogens (primary N) is 1. The Bertz CT molecular complexity index is 840. The lowest BCUT2D eigenvalue weighted by Gasteiger charge is -2.11. The number of rotatable bonds is 2. The van der Waals surface area contributed by atoms with Crippen LogP contribution in [0.2, 0.25) is 0 Å². The van der Waals surface area contributed by atoms with Crippen molar-refractivity contribution in [3.05, 3.63) is 41.7 Å². The van der Waals surface area contributed by atoms with Crippen molar-refractivity contribution in [3.8, 4) is 17.1 Å². The Morgan fingerprint density at radius 2 is 1.83 bits per heavy atom. The molecule has 2 heterocycles. The van der Waals surface area contributed by atoms with E-state index in [0.717, 1.165) is 11.8 Å². The number of tetrazole rings is 1. The molecule has 1 aromatic carbocycles. The summed E-state index contributed by atoms with van der Waals surface area (Å²) in [5.74, 6) is -0.600. The van der Waals surface area contributed by atoms with Gasteiger partial charge in [0.05, 0.1) is 11.3 Å². The van der Waals surface area contributed by atoms with E-state index in [2.05, 4.69) is 25.5 Å². The van der Waals surface area contributed by atoms with Crippen molar-refractivity contribution in [3.63, 3.8) is 0 Å². The Kier molecular flexibility index (Phi) is 3.43. The highest BCUT2D eigenvalue weighted by Gasteiger charge is 2.38. The zero-order chi connectivity index (χ0) is 16.6. The number of aryl methyl sites for hydroxylation is 1. The molecule has 0 aliphatic rings. The van der Waals surface area contributed by atoms with Gasteiger partial charge in [0.25, 0.3) is 0 Å². The van der Waals surface area contributed by atoms with Crippen LogP contribution in [0.1, 0.15) is 11.3 Å². The lowest BCUT2D eigenvalue weighted by Crippen LogP contribution is -2.14. The lowest BCUT2D eigenvalue weighted by atomic mass is 10.2. The molecule has 0 aliphatic carbocycles. The number of halogens is 3. The maximum atomic E-state index is 13.2. The highest BCUT2D eigenvalue weighted by Crippen LogP contribution is 2.35. The standard InChI is InChI=1S/C13H10F3N7/c1-7-2-4-8(5-3-7)23-11(20-21-22-23)9-6-18-12(17)19-10(9)13(14,15)16/h2-6H,1H3,(H2,17,18,19). The number of hydrogen-bond donors (Lipinski definition) is 1. The van der Waals surface area contributed by atoms with Crippen LogP contribution in [0, 0.1) is 6.92 Å². The quantitative estimate of drug-likeness (QED) is 0.776. The van der Waals surface area contributed by atoms with E-state index in [9.17, 15) is 13.2 Å². The molecule has 0 unspecified atom stereocenters. The van der Waals surface area contributed by atoms with E-state index in [1.165, 1.54) is 4.68 Å². The fourth-order valence-electron chi connectivity index (χ4n) is 1.99. The van der Waals surface area contributed by atoms with Gasteiger partial charge in [0.2, 0.25) is 5.95 Å². The van der Waals surface area contributed by atoms with E-state index in [1.54, 1.807) is 24.3 Å². The molecular weight excluding hydrogens is 311 g/mol. The van der Waals surface area contributed by atoms with Crippen molar-refractivity contribution in [1.82, 2.24) is 30.2 Å². The maximum Gasteiger partial charge on any atom is 0.434 e. The third-order valence-corrected chi connectivity index (χ3v) is 3.06. The van der Waals surface area contributed by atoms with Gasteiger partial charge in [-0.3, -0.25) is 0 Å². The Morgan fingerprint density at radius 3 is 2.48 bits per heavy atom.